The molecule has 0 aliphatic rings. The van der Waals surface area contributed by atoms with Gasteiger partial charge in [0.15, 0.2) is 0 Å². The fourth-order valence-electron chi connectivity index (χ4n) is 1.32. The van der Waals surface area contributed by atoms with Gasteiger partial charge in [0.1, 0.15) is 12.4 Å². The molecule has 0 radical (unpaired) electrons. The van der Waals surface area contributed by atoms with Gasteiger partial charge in [-0.2, -0.15) is 0 Å². The third-order valence-electron chi connectivity index (χ3n) is 2.11. The lowest BCUT2D eigenvalue weighted by molar-refractivity contribution is -0.116. The van der Waals surface area contributed by atoms with Gasteiger partial charge in [-0.15, -0.1) is 0 Å². The first-order valence-corrected chi connectivity index (χ1v) is 5.25. The zero-order valence-corrected chi connectivity index (χ0v) is 9.49. The van der Waals surface area contributed by atoms with Crippen LogP contribution in [-0.2, 0) is 11.3 Å². The number of anilines is 1. The minimum atomic E-state index is -0.347. The largest absolute Gasteiger partial charge is 0.325 e. The Kier molecular flexibility index (Phi) is 3.39. The third-order valence-corrected chi connectivity index (χ3v) is 2.42. The lowest BCUT2D eigenvalue weighted by Gasteiger charge is -2.06. The molecule has 0 bridgehead atoms. The number of amides is 1. The molecule has 1 N–H and O–H groups in total. The number of imidazole rings is 1. The Balaban J connectivity index is 1.98. The van der Waals surface area contributed by atoms with Crippen LogP contribution < -0.4 is 5.32 Å². The highest BCUT2D eigenvalue weighted by molar-refractivity contribution is 6.28. The standard InChI is InChI=1S/C11H9ClFN3O/c12-11-14-5-6-16(11)7-10(17)15-9-3-1-8(13)2-4-9/h1-6H,7H2,(H,15,17). The number of benzene rings is 1. The molecule has 0 atom stereocenters. The van der Waals surface area contributed by atoms with E-state index in [1.54, 1.807) is 6.20 Å². The van der Waals surface area contributed by atoms with Gasteiger partial charge in [0.05, 0.1) is 0 Å². The third kappa shape index (κ3) is 3.04. The molecule has 0 unspecified atom stereocenters. The van der Waals surface area contributed by atoms with Gasteiger partial charge in [0.25, 0.3) is 0 Å². The molecule has 0 aliphatic heterocycles. The Bertz CT molecular complexity index is 524. The Hall–Kier alpha value is -1.88. The first kappa shape index (κ1) is 11.6. The van der Waals surface area contributed by atoms with Gasteiger partial charge in [0.2, 0.25) is 11.2 Å². The minimum Gasteiger partial charge on any atom is -0.325 e. The average Bonchev–Trinajstić information content (AvgIpc) is 2.68. The maximum atomic E-state index is 12.6. The van der Waals surface area contributed by atoms with E-state index < -0.39 is 0 Å². The number of hydrogen-bond donors (Lipinski definition) is 1. The lowest BCUT2D eigenvalue weighted by atomic mass is 10.3. The number of carbonyl (C=O) groups excluding carboxylic acids is 1. The molecule has 4 nitrogen and oxygen atoms in total. The summed E-state index contributed by atoms with van der Waals surface area (Å²) in [6.07, 6.45) is 3.11. The number of rotatable bonds is 3. The summed E-state index contributed by atoms with van der Waals surface area (Å²) in [5.74, 6) is -0.600. The second-order valence-electron chi connectivity index (χ2n) is 3.38. The van der Waals surface area contributed by atoms with Crippen molar-refractivity contribution >= 4 is 23.2 Å². The minimum absolute atomic E-state index is 0.0657. The Labute approximate surface area is 102 Å². The van der Waals surface area contributed by atoms with E-state index in [4.69, 9.17) is 11.6 Å². The van der Waals surface area contributed by atoms with E-state index in [0.717, 1.165) is 0 Å². The Morgan fingerprint density at radius 3 is 2.71 bits per heavy atom. The van der Waals surface area contributed by atoms with E-state index in [9.17, 15) is 9.18 Å². The van der Waals surface area contributed by atoms with Crippen molar-refractivity contribution in [3.63, 3.8) is 0 Å². The van der Waals surface area contributed by atoms with Crippen LogP contribution in [0.3, 0.4) is 0 Å². The smallest absolute Gasteiger partial charge is 0.244 e. The molecule has 1 aromatic heterocycles. The Morgan fingerprint density at radius 1 is 1.41 bits per heavy atom. The van der Waals surface area contributed by atoms with E-state index in [1.165, 1.54) is 35.0 Å². The first-order chi connectivity index (χ1) is 8.15. The first-order valence-electron chi connectivity index (χ1n) is 4.87. The highest BCUT2D eigenvalue weighted by atomic mass is 35.5. The molecule has 2 aromatic rings. The molecule has 17 heavy (non-hydrogen) atoms. The molecule has 1 amide bonds. The van der Waals surface area contributed by atoms with Crippen LogP contribution in [0.25, 0.3) is 0 Å². The van der Waals surface area contributed by atoms with Crippen LogP contribution in [-0.4, -0.2) is 15.5 Å². The highest BCUT2D eigenvalue weighted by Crippen LogP contribution is 2.09. The quantitative estimate of drug-likeness (QED) is 0.913. The molecule has 0 saturated carbocycles. The summed E-state index contributed by atoms with van der Waals surface area (Å²) in [5.41, 5.74) is 0.535. The molecule has 88 valence electrons. The zero-order chi connectivity index (χ0) is 12.3. The van der Waals surface area contributed by atoms with Crippen molar-refractivity contribution in [2.75, 3.05) is 5.32 Å². The van der Waals surface area contributed by atoms with Crippen LogP contribution in [0.1, 0.15) is 0 Å². The molecular formula is C11H9ClFN3O. The van der Waals surface area contributed by atoms with Crippen LogP contribution in [0, 0.1) is 5.82 Å². The molecule has 2 rings (SSSR count). The van der Waals surface area contributed by atoms with Gasteiger partial charge in [-0.05, 0) is 35.9 Å². The van der Waals surface area contributed by atoms with Crippen molar-refractivity contribution in [2.45, 2.75) is 6.54 Å². The van der Waals surface area contributed by atoms with Gasteiger partial charge >= 0.3 is 0 Å². The molecule has 0 spiro atoms. The van der Waals surface area contributed by atoms with Gasteiger partial charge in [-0.25, -0.2) is 9.37 Å². The van der Waals surface area contributed by atoms with Crippen LogP contribution >= 0.6 is 11.6 Å². The van der Waals surface area contributed by atoms with Crippen molar-refractivity contribution in [1.29, 1.82) is 0 Å². The predicted octanol–water partition coefficient (Wildman–Crippen LogP) is 2.31. The van der Waals surface area contributed by atoms with Crippen molar-refractivity contribution in [1.82, 2.24) is 9.55 Å². The predicted molar refractivity (Wildman–Crippen MR) is 62.3 cm³/mol. The van der Waals surface area contributed by atoms with Gasteiger partial charge < -0.3 is 9.88 Å². The maximum Gasteiger partial charge on any atom is 0.244 e. The second kappa shape index (κ2) is 4.97. The molecule has 0 fully saturated rings. The molecular weight excluding hydrogens is 245 g/mol. The number of halogens is 2. The highest BCUT2D eigenvalue weighted by Gasteiger charge is 2.06. The van der Waals surface area contributed by atoms with Crippen LogP contribution in [0.15, 0.2) is 36.7 Å². The number of hydrogen-bond acceptors (Lipinski definition) is 2. The SMILES string of the molecule is O=C(Cn1ccnc1Cl)Nc1ccc(F)cc1. The summed E-state index contributed by atoms with van der Waals surface area (Å²) < 4.78 is 14.1. The fraction of sp³-hybridized carbons (Fsp3) is 0.0909. The molecule has 0 saturated heterocycles. The summed E-state index contributed by atoms with van der Waals surface area (Å²) in [6, 6.07) is 5.53. The molecule has 6 heteroatoms. The van der Waals surface area contributed by atoms with Gasteiger partial charge in [0, 0.05) is 18.1 Å². The zero-order valence-electron chi connectivity index (χ0n) is 8.73. The van der Waals surface area contributed by atoms with E-state index >= 15 is 0 Å². The van der Waals surface area contributed by atoms with Crippen molar-refractivity contribution in [3.05, 3.63) is 47.8 Å². The summed E-state index contributed by atoms with van der Waals surface area (Å²) in [5, 5.41) is 2.87. The maximum absolute atomic E-state index is 12.6. The summed E-state index contributed by atoms with van der Waals surface area (Å²) in [4.78, 5) is 15.4. The summed E-state index contributed by atoms with van der Waals surface area (Å²) in [7, 11) is 0. The number of nitrogens with one attached hydrogen (secondary N) is 1. The monoisotopic (exact) mass is 253 g/mol. The summed E-state index contributed by atoms with van der Waals surface area (Å²) in [6.45, 7) is 0.0657. The fourth-order valence-corrected chi connectivity index (χ4v) is 1.49. The number of nitrogens with zero attached hydrogens (tertiary/aromatic N) is 2. The van der Waals surface area contributed by atoms with E-state index in [2.05, 4.69) is 10.3 Å². The van der Waals surface area contributed by atoms with Crippen LogP contribution in [0.4, 0.5) is 10.1 Å². The molecule has 0 aliphatic carbocycles. The van der Waals surface area contributed by atoms with Crippen LogP contribution in [0.5, 0.6) is 0 Å². The van der Waals surface area contributed by atoms with Gasteiger partial charge in [-0.3, -0.25) is 4.79 Å². The average molecular weight is 254 g/mol. The molecule has 1 aromatic carbocycles. The second-order valence-corrected chi connectivity index (χ2v) is 3.72. The topological polar surface area (TPSA) is 46.9 Å². The van der Waals surface area contributed by atoms with E-state index in [-0.39, 0.29) is 23.6 Å². The van der Waals surface area contributed by atoms with Gasteiger partial charge in [-0.1, -0.05) is 0 Å². The van der Waals surface area contributed by atoms with Crippen LogP contribution in [0.2, 0.25) is 5.28 Å². The Morgan fingerprint density at radius 2 is 2.12 bits per heavy atom. The van der Waals surface area contributed by atoms with Crippen molar-refractivity contribution in [3.8, 4) is 0 Å². The van der Waals surface area contributed by atoms with E-state index in [0.29, 0.717) is 5.69 Å². The van der Waals surface area contributed by atoms with Crippen molar-refractivity contribution < 1.29 is 9.18 Å². The van der Waals surface area contributed by atoms with E-state index in [1.807, 2.05) is 0 Å². The molecule has 1 heterocycles. The normalized spacial score (nSPS) is 10.2. The number of carbonyl (C=O) groups is 1. The number of aromatic nitrogens is 2. The summed E-state index contributed by atoms with van der Waals surface area (Å²) >= 11 is 5.73. The lowest BCUT2D eigenvalue weighted by Crippen LogP contribution is -2.18. The van der Waals surface area contributed by atoms with Crippen molar-refractivity contribution in [2.24, 2.45) is 0 Å².